The summed E-state index contributed by atoms with van der Waals surface area (Å²) >= 11 is 0. The normalized spacial score (nSPS) is 21.8. The molecule has 0 unspecified atom stereocenters. The van der Waals surface area contributed by atoms with Crippen molar-refractivity contribution in [1.82, 2.24) is 0 Å². The van der Waals surface area contributed by atoms with Gasteiger partial charge in [-0.15, -0.1) is 0 Å². The summed E-state index contributed by atoms with van der Waals surface area (Å²) in [4.78, 5) is 12.5. The first-order valence-electron chi connectivity index (χ1n) is 8.48. The topological polar surface area (TPSA) is 68.9 Å². The van der Waals surface area contributed by atoms with Gasteiger partial charge in [-0.05, 0) is 45.1 Å². The molecule has 2 aliphatic rings. The Labute approximate surface area is 140 Å². The number of hydrogen-bond acceptors (Lipinski definition) is 5. The lowest BCUT2D eigenvalue weighted by Gasteiger charge is -2.36. The first-order chi connectivity index (χ1) is 11.4. The van der Waals surface area contributed by atoms with E-state index in [2.05, 4.69) is 0 Å². The fourth-order valence-electron chi connectivity index (χ4n) is 4.05. The average Bonchev–Trinajstić information content (AvgIpc) is 2.52. The number of benzene rings is 1. The van der Waals surface area contributed by atoms with Crippen LogP contribution < -0.4 is 15.1 Å². The lowest BCUT2D eigenvalue weighted by Crippen LogP contribution is -2.35. The second-order valence-electron chi connectivity index (χ2n) is 7.33. The minimum absolute atomic E-state index is 0.301. The predicted octanol–water partition coefficient (Wildman–Crippen LogP) is 3.27. The molecule has 1 aliphatic heterocycles. The second kappa shape index (κ2) is 5.24. The van der Waals surface area contributed by atoms with Gasteiger partial charge in [0.25, 0.3) is 0 Å². The largest absolute Gasteiger partial charge is 0.496 e. The van der Waals surface area contributed by atoms with E-state index in [9.17, 15) is 9.90 Å². The number of methoxy groups -OCH3 is 1. The molecule has 2 aromatic rings. The summed E-state index contributed by atoms with van der Waals surface area (Å²) in [5.74, 6) is 1.16. The second-order valence-corrected chi connectivity index (χ2v) is 7.33. The zero-order chi connectivity index (χ0) is 17.1. The maximum atomic E-state index is 12.5. The molecular formula is C19H22O5. The quantitative estimate of drug-likeness (QED) is 0.813. The molecule has 5 heteroatoms. The van der Waals surface area contributed by atoms with Gasteiger partial charge in [-0.3, -0.25) is 0 Å². The smallest absolute Gasteiger partial charge is 0.339 e. The Hall–Kier alpha value is -2.01. The van der Waals surface area contributed by atoms with E-state index in [1.807, 2.05) is 19.9 Å². The highest BCUT2D eigenvalue weighted by Crippen LogP contribution is 2.47. The van der Waals surface area contributed by atoms with E-state index in [4.69, 9.17) is 13.9 Å². The molecule has 0 saturated carbocycles. The zero-order valence-electron chi connectivity index (χ0n) is 14.3. The van der Waals surface area contributed by atoms with Gasteiger partial charge >= 0.3 is 5.63 Å². The molecule has 0 bridgehead atoms. The molecule has 2 heterocycles. The number of fused-ring (bicyclic) bond motifs is 5. The van der Waals surface area contributed by atoms with Crippen molar-refractivity contribution in [1.29, 1.82) is 0 Å². The molecule has 24 heavy (non-hydrogen) atoms. The Balaban J connectivity index is 2.11. The third kappa shape index (κ3) is 2.22. The van der Waals surface area contributed by atoms with Gasteiger partial charge in [0.05, 0.1) is 24.2 Å². The van der Waals surface area contributed by atoms with Crippen LogP contribution in [0.25, 0.3) is 11.0 Å². The van der Waals surface area contributed by atoms with Crippen molar-refractivity contribution in [3.05, 3.63) is 33.2 Å². The lowest BCUT2D eigenvalue weighted by molar-refractivity contribution is 0.0118. The van der Waals surface area contributed by atoms with E-state index in [1.54, 1.807) is 7.11 Å². The summed E-state index contributed by atoms with van der Waals surface area (Å²) in [6.45, 7) is 3.86. The van der Waals surface area contributed by atoms with E-state index in [0.717, 1.165) is 42.2 Å². The minimum atomic E-state index is -0.734. The van der Waals surface area contributed by atoms with Crippen molar-refractivity contribution >= 4 is 11.0 Å². The third-order valence-electron chi connectivity index (χ3n) is 5.08. The van der Waals surface area contributed by atoms with Gasteiger partial charge in [-0.2, -0.15) is 0 Å². The van der Waals surface area contributed by atoms with E-state index >= 15 is 0 Å². The molecule has 128 valence electrons. The van der Waals surface area contributed by atoms with Crippen LogP contribution in [0.2, 0.25) is 0 Å². The molecule has 0 saturated heterocycles. The number of aliphatic hydroxyl groups excluding tert-OH is 1. The minimum Gasteiger partial charge on any atom is -0.496 e. The Morgan fingerprint density at radius 3 is 2.67 bits per heavy atom. The molecule has 1 atom stereocenters. The highest BCUT2D eigenvalue weighted by atomic mass is 16.5. The van der Waals surface area contributed by atoms with Crippen LogP contribution in [-0.4, -0.2) is 17.8 Å². The summed E-state index contributed by atoms with van der Waals surface area (Å²) in [5, 5.41) is 11.5. The molecule has 1 aromatic carbocycles. The molecular weight excluding hydrogens is 308 g/mol. The van der Waals surface area contributed by atoms with Crippen molar-refractivity contribution < 1.29 is 19.0 Å². The van der Waals surface area contributed by atoms with E-state index in [0.29, 0.717) is 29.1 Å². The summed E-state index contributed by atoms with van der Waals surface area (Å²) in [6, 6.07) is 1.82. The summed E-state index contributed by atoms with van der Waals surface area (Å²) in [7, 11) is 1.60. The van der Waals surface area contributed by atoms with Crippen LogP contribution in [0.15, 0.2) is 15.3 Å². The predicted molar refractivity (Wildman–Crippen MR) is 90.0 cm³/mol. The van der Waals surface area contributed by atoms with E-state index in [1.165, 1.54) is 0 Å². The third-order valence-corrected chi connectivity index (χ3v) is 5.08. The van der Waals surface area contributed by atoms with Crippen molar-refractivity contribution in [3.63, 3.8) is 0 Å². The van der Waals surface area contributed by atoms with Crippen LogP contribution in [0, 0.1) is 0 Å². The van der Waals surface area contributed by atoms with E-state index in [-0.39, 0.29) is 5.63 Å². The number of aliphatic hydroxyl groups is 1. The average molecular weight is 330 g/mol. The molecule has 0 radical (unpaired) electrons. The van der Waals surface area contributed by atoms with Gasteiger partial charge in [-0.1, -0.05) is 0 Å². The monoisotopic (exact) mass is 330 g/mol. The van der Waals surface area contributed by atoms with Crippen molar-refractivity contribution in [3.8, 4) is 11.5 Å². The van der Waals surface area contributed by atoms with Crippen LogP contribution in [-0.2, 0) is 12.8 Å². The first-order valence-corrected chi connectivity index (χ1v) is 8.48. The fourth-order valence-corrected chi connectivity index (χ4v) is 4.05. The number of ether oxygens (including phenoxy) is 2. The van der Waals surface area contributed by atoms with Crippen LogP contribution in [0.5, 0.6) is 11.5 Å². The Morgan fingerprint density at radius 2 is 1.96 bits per heavy atom. The van der Waals surface area contributed by atoms with Crippen molar-refractivity contribution in [2.75, 3.05) is 7.11 Å². The molecule has 1 aliphatic carbocycles. The maximum absolute atomic E-state index is 12.5. The summed E-state index contributed by atoms with van der Waals surface area (Å²) in [5.41, 5.74) is 1.94. The summed E-state index contributed by atoms with van der Waals surface area (Å²) < 4.78 is 17.3. The number of aryl methyl sites for hydroxylation is 1. The zero-order valence-corrected chi connectivity index (χ0v) is 14.3. The Bertz CT molecular complexity index is 878. The van der Waals surface area contributed by atoms with Gasteiger partial charge in [0, 0.05) is 18.1 Å². The van der Waals surface area contributed by atoms with Crippen LogP contribution in [0.4, 0.5) is 0 Å². The SMILES string of the molecule is COc1cc2c(c3oc(=O)c4c(c13)CCCC4)[C@H](O)CC(C)(C)O2. The molecule has 4 rings (SSSR count). The van der Waals surface area contributed by atoms with Crippen LogP contribution in [0.1, 0.15) is 55.9 Å². The van der Waals surface area contributed by atoms with E-state index < -0.39 is 11.7 Å². The molecule has 1 N–H and O–H groups in total. The first kappa shape index (κ1) is 15.5. The van der Waals surface area contributed by atoms with Gasteiger partial charge in [0.2, 0.25) is 0 Å². The van der Waals surface area contributed by atoms with Crippen LogP contribution >= 0.6 is 0 Å². The molecule has 0 amide bonds. The Morgan fingerprint density at radius 1 is 1.25 bits per heavy atom. The number of hydrogen-bond donors (Lipinski definition) is 1. The molecule has 1 aromatic heterocycles. The lowest BCUT2D eigenvalue weighted by atomic mass is 9.86. The standard InChI is InChI=1S/C19H22O5/c1-19(2)9-12(20)16-14(24-19)8-13(22-3)15-10-6-4-5-7-11(10)18(21)23-17(15)16/h8,12,20H,4-7,9H2,1-3H3/t12-/m1/s1. The fraction of sp³-hybridized carbons (Fsp3) is 0.526. The molecule has 5 nitrogen and oxygen atoms in total. The molecule has 0 spiro atoms. The van der Waals surface area contributed by atoms with Crippen molar-refractivity contribution in [2.24, 2.45) is 0 Å². The van der Waals surface area contributed by atoms with Gasteiger partial charge in [-0.25, -0.2) is 4.79 Å². The highest BCUT2D eigenvalue weighted by molar-refractivity contribution is 5.92. The maximum Gasteiger partial charge on any atom is 0.339 e. The van der Waals surface area contributed by atoms with Gasteiger partial charge < -0.3 is 19.0 Å². The number of rotatable bonds is 1. The summed E-state index contributed by atoms with van der Waals surface area (Å²) in [6.07, 6.45) is 3.31. The van der Waals surface area contributed by atoms with Crippen LogP contribution in [0.3, 0.4) is 0 Å². The van der Waals surface area contributed by atoms with Crippen molar-refractivity contribution in [2.45, 2.75) is 57.7 Å². The molecule has 0 fully saturated rings. The Kier molecular flexibility index (Phi) is 3.39. The van der Waals surface area contributed by atoms with Gasteiger partial charge in [0.1, 0.15) is 17.1 Å². The van der Waals surface area contributed by atoms with Gasteiger partial charge in [0.15, 0.2) is 5.58 Å². The highest BCUT2D eigenvalue weighted by Gasteiger charge is 2.37.